The molecule has 3 heterocycles. The van der Waals surface area contributed by atoms with Crippen molar-refractivity contribution in [2.75, 3.05) is 73.1 Å². The molecule has 0 aliphatic carbocycles. The van der Waals surface area contributed by atoms with Crippen molar-refractivity contribution in [1.29, 1.82) is 0 Å². The second kappa shape index (κ2) is 11.6. The van der Waals surface area contributed by atoms with E-state index in [1.165, 1.54) is 5.69 Å². The lowest BCUT2D eigenvalue weighted by Crippen LogP contribution is -2.37. The van der Waals surface area contributed by atoms with Crippen molar-refractivity contribution in [2.45, 2.75) is 6.54 Å². The van der Waals surface area contributed by atoms with Crippen LogP contribution < -0.4 is 20.5 Å². The topological polar surface area (TPSA) is 100 Å². The largest absolute Gasteiger partial charge is 0.378 e. The zero-order valence-electron chi connectivity index (χ0n) is 19.6. The molecule has 10 nitrogen and oxygen atoms in total. The van der Waals surface area contributed by atoms with Gasteiger partial charge in [0.1, 0.15) is 0 Å². The Hall–Kier alpha value is -3.76. The molecule has 1 aromatic heterocycles. The molecule has 0 saturated carbocycles. The molecule has 2 fully saturated rings. The van der Waals surface area contributed by atoms with Crippen molar-refractivity contribution in [2.24, 2.45) is 5.10 Å². The van der Waals surface area contributed by atoms with Gasteiger partial charge in [0.15, 0.2) is 0 Å². The van der Waals surface area contributed by atoms with Gasteiger partial charge in [-0.25, -0.2) is 5.43 Å². The summed E-state index contributed by atoms with van der Waals surface area (Å²) in [5, 5.41) is 7.67. The van der Waals surface area contributed by atoms with Crippen LogP contribution >= 0.6 is 0 Å². The van der Waals surface area contributed by atoms with Crippen LogP contribution in [0.25, 0.3) is 0 Å². The lowest BCUT2D eigenvalue weighted by atomic mass is 10.2. The van der Waals surface area contributed by atoms with Gasteiger partial charge in [-0.05, 0) is 23.3 Å². The van der Waals surface area contributed by atoms with E-state index in [1.807, 2.05) is 18.2 Å². The van der Waals surface area contributed by atoms with Crippen LogP contribution in [0.4, 0.5) is 23.5 Å². The predicted octanol–water partition coefficient (Wildman–Crippen LogP) is 2.60. The Labute approximate surface area is 205 Å². The van der Waals surface area contributed by atoms with Gasteiger partial charge in [-0.2, -0.15) is 20.1 Å². The summed E-state index contributed by atoms with van der Waals surface area (Å²) in [6.07, 6.45) is 1.76. The fraction of sp³-hybridized carbons (Fsp3) is 0.360. The van der Waals surface area contributed by atoms with Crippen LogP contribution in [0.1, 0.15) is 11.1 Å². The van der Waals surface area contributed by atoms with E-state index in [0.29, 0.717) is 37.6 Å². The van der Waals surface area contributed by atoms with Gasteiger partial charge in [0.25, 0.3) is 0 Å². The summed E-state index contributed by atoms with van der Waals surface area (Å²) >= 11 is 0. The summed E-state index contributed by atoms with van der Waals surface area (Å²) in [6.45, 7) is 6.77. The maximum absolute atomic E-state index is 5.47. The third-order valence-electron chi connectivity index (χ3n) is 5.86. The second-order valence-corrected chi connectivity index (χ2v) is 8.28. The highest BCUT2D eigenvalue weighted by molar-refractivity contribution is 5.80. The van der Waals surface area contributed by atoms with Gasteiger partial charge in [-0.3, -0.25) is 0 Å². The number of ether oxygens (including phenoxy) is 2. The van der Waals surface area contributed by atoms with E-state index < -0.39 is 0 Å². The molecular formula is C25H30N8O2. The first-order valence-electron chi connectivity index (χ1n) is 11.9. The van der Waals surface area contributed by atoms with Crippen LogP contribution in [-0.2, 0) is 16.0 Å². The summed E-state index contributed by atoms with van der Waals surface area (Å²) in [6, 6.07) is 18.5. The quantitative estimate of drug-likeness (QED) is 0.377. The Morgan fingerprint density at radius 1 is 0.771 bits per heavy atom. The molecule has 3 aromatic rings. The van der Waals surface area contributed by atoms with Crippen molar-refractivity contribution < 1.29 is 9.47 Å². The molecule has 35 heavy (non-hydrogen) atoms. The first kappa shape index (κ1) is 23.0. The fourth-order valence-corrected chi connectivity index (χ4v) is 3.93. The Morgan fingerprint density at radius 2 is 1.43 bits per heavy atom. The zero-order valence-corrected chi connectivity index (χ0v) is 19.6. The van der Waals surface area contributed by atoms with Gasteiger partial charge in [0.2, 0.25) is 17.8 Å². The van der Waals surface area contributed by atoms with Crippen LogP contribution in [0.3, 0.4) is 0 Å². The fourth-order valence-electron chi connectivity index (χ4n) is 3.93. The number of nitrogens with zero attached hydrogens (tertiary/aromatic N) is 6. The highest BCUT2D eigenvalue weighted by Gasteiger charge is 2.16. The minimum atomic E-state index is 0.387. The summed E-state index contributed by atoms with van der Waals surface area (Å²) < 4.78 is 10.9. The van der Waals surface area contributed by atoms with Gasteiger partial charge in [-0.1, -0.05) is 42.5 Å². The van der Waals surface area contributed by atoms with Crippen molar-refractivity contribution in [3.8, 4) is 0 Å². The summed E-state index contributed by atoms with van der Waals surface area (Å²) in [4.78, 5) is 18.1. The standard InChI is InChI=1S/C25H30N8O2/c1-2-4-20(5-3-1)18-26-23-28-24(30-25(29-23)33-12-16-35-17-13-33)31-27-19-21-6-8-22(9-7-21)32-10-14-34-15-11-32/h1-9,19H,10-18H2,(H2,26,28,29,30,31)/b27-19+. The monoisotopic (exact) mass is 474 g/mol. The number of aromatic nitrogens is 3. The van der Waals surface area contributed by atoms with Gasteiger partial charge in [0, 0.05) is 38.4 Å². The smallest absolute Gasteiger partial charge is 0.250 e. The van der Waals surface area contributed by atoms with E-state index in [1.54, 1.807) is 6.21 Å². The number of anilines is 4. The number of hydrogen-bond acceptors (Lipinski definition) is 10. The third kappa shape index (κ3) is 6.43. The Bertz CT molecular complexity index is 1100. The lowest BCUT2D eigenvalue weighted by molar-refractivity contribution is 0.122. The molecule has 0 amide bonds. The summed E-state index contributed by atoms with van der Waals surface area (Å²) in [5.41, 5.74) is 6.30. The Morgan fingerprint density at radius 3 is 2.14 bits per heavy atom. The van der Waals surface area contributed by atoms with E-state index in [9.17, 15) is 0 Å². The lowest BCUT2D eigenvalue weighted by Gasteiger charge is -2.28. The average Bonchev–Trinajstić information content (AvgIpc) is 2.94. The molecule has 5 rings (SSSR count). The first-order chi connectivity index (χ1) is 17.3. The van der Waals surface area contributed by atoms with Crippen molar-refractivity contribution in [1.82, 2.24) is 15.0 Å². The molecule has 0 radical (unpaired) electrons. The zero-order chi connectivity index (χ0) is 23.7. The highest BCUT2D eigenvalue weighted by Crippen LogP contribution is 2.17. The van der Waals surface area contributed by atoms with Crippen molar-refractivity contribution >= 4 is 29.7 Å². The first-order valence-corrected chi connectivity index (χ1v) is 11.9. The average molecular weight is 475 g/mol. The molecule has 2 aliphatic heterocycles. The maximum atomic E-state index is 5.47. The molecule has 0 spiro atoms. The van der Waals surface area contributed by atoms with Gasteiger partial charge >= 0.3 is 0 Å². The normalized spacial score (nSPS) is 16.5. The number of nitrogens with one attached hydrogen (secondary N) is 2. The van der Waals surface area contributed by atoms with Crippen LogP contribution in [-0.4, -0.2) is 73.8 Å². The SMILES string of the molecule is C(=N\Nc1nc(NCc2ccccc2)nc(N2CCOCC2)n1)/c1ccc(N2CCOCC2)cc1. The molecule has 2 N–H and O–H groups in total. The number of hydrazone groups is 1. The molecule has 0 bridgehead atoms. The van der Waals surface area contributed by atoms with Crippen LogP contribution in [0.15, 0.2) is 59.7 Å². The van der Waals surface area contributed by atoms with Gasteiger partial charge < -0.3 is 24.6 Å². The highest BCUT2D eigenvalue weighted by atomic mass is 16.5. The molecular weight excluding hydrogens is 444 g/mol. The minimum Gasteiger partial charge on any atom is -0.378 e. The van der Waals surface area contributed by atoms with Gasteiger partial charge in [-0.15, -0.1) is 0 Å². The van der Waals surface area contributed by atoms with E-state index >= 15 is 0 Å². The number of benzene rings is 2. The molecule has 182 valence electrons. The molecule has 0 atom stereocenters. The van der Waals surface area contributed by atoms with Crippen molar-refractivity contribution in [3.05, 3.63) is 65.7 Å². The van der Waals surface area contributed by atoms with Crippen molar-refractivity contribution in [3.63, 3.8) is 0 Å². The number of morpholine rings is 2. The van der Waals surface area contributed by atoms with E-state index in [-0.39, 0.29) is 0 Å². The Kier molecular flexibility index (Phi) is 7.61. The second-order valence-electron chi connectivity index (χ2n) is 8.28. The molecule has 2 aromatic carbocycles. The van der Waals surface area contributed by atoms with Gasteiger partial charge in [0.05, 0.1) is 32.6 Å². The van der Waals surface area contributed by atoms with Crippen LogP contribution in [0.2, 0.25) is 0 Å². The molecule has 0 unspecified atom stereocenters. The Balaban J connectivity index is 1.26. The van der Waals surface area contributed by atoms with E-state index in [2.05, 4.69) is 77.0 Å². The molecule has 2 aliphatic rings. The predicted molar refractivity (Wildman–Crippen MR) is 137 cm³/mol. The maximum Gasteiger partial charge on any atom is 0.250 e. The number of hydrogen-bond donors (Lipinski definition) is 2. The summed E-state index contributed by atoms with van der Waals surface area (Å²) in [7, 11) is 0. The van der Waals surface area contributed by atoms with Crippen LogP contribution in [0.5, 0.6) is 0 Å². The van der Waals surface area contributed by atoms with E-state index in [4.69, 9.17) is 9.47 Å². The molecule has 2 saturated heterocycles. The summed E-state index contributed by atoms with van der Waals surface area (Å²) in [5.74, 6) is 1.49. The number of rotatable bonds is 8. The van der Waals surface area contributed by atoms with Crippen LogP contribution in [0, 0.1) is 0 Å². The minimum absolute atomic E-state index is 0.387. The van der Waals surface area contributed by atoms with E-state index in [0.717, 1.165) is 50.5 Å². The third-order valence-corrected chi connectivity index (χ3v) is 5.86. The molecule has 10 heteroatoms.